The van der Waals surface area contributed by atoms with Gasteiger partial charge in [0.2, 0.25) is 17.7 Å². The Labute approximate surface area is 170 Å². The molecule has 1 aliphatic carbocycles. The van der Waals surface area contributed by atoms with E-state index in [0.717, 1.165) is 43.4 Å². The molecule has 8 nitrogen and oxygen atoms in total. The fraction of sp³-hybridized carbons (Fsp3) is 0.667. The second kappa shape index (κ2) is 7.07. The lowest BCUT2D eigenvalue weighted by atomic mass is 10.0. The summed E-state index contributed by atoms with van der Waals surface area (Å²) in [5, 5.41) is 0. The molecular formula is C21H27N5O3. The van der Waals surface area contributed by atoms with Crippen LogP contribution in [0.15, 0.2) is 6.20 Å². The van der Waals surface area contributed by atoms with Crippen molar-refractivity contribution in [2.75, 3.05) is 19.6 Å². The molecular weight excluding hydrogens is 370 g/mol. The van der Waals surface area contributed by atoms with E-state index in [4.69, 9.17) is 4.98 Å². The van der Waals surface area contributed by atoms with Crippen LogP contribution in [0, 0.1) is 5.92 Å². The van der Waals surface area contributed by atoms with Gasteiger partial charge in [-0.3, -0.25) is 14.4 Å². The minimum atomic E-state index is -0.231. The van der Waals surface area contributed by atoms with Crippen molar-refractivity contribution in [2.24, 2.45) is 5.92 Å². The summed E-state index contributed by atoms with van der Waals surface area (Å²) in [6, 6.07) is 0.261. The molecule has 4 aliphatic rings. The van der Waals surface area contributed by atoms with Crippen molar-refractivity contribution >= 4 is 17.7 Å². The summed E-state index contributed by atoms with van der Waals surface area (Å²) in [7, 11) is 0. The molecule has 2 saturated heterocycles. The summed E-state index contributed by atoms with van der Waals surface area (Å²) in [6.45, 7) is 4.08. The van der Waals surface area contributed by atoms with E-state index in [-0.39, 0.29) is 29.7 Å². The first-order chi connectivity index (χ1) is 14.0. The number of amides is 3. The molecule has 0 N–H and O–H groups in total. The summed E-state index contributed by atoms with van der Waals surface area (Å²) in [5.41, 5.74) is 1.98. The maximum absolute atomic E-state index is 13.2. The second-order valence-corrected chi connectivity index (χ2v) is 8.76. The Morgan fingerprint density at radius 1 is 1.17 bits per heavy atom. The lowest BCUT2D eigenvalue weighted by Crippen LogP contribution is -2.38. The highest BCUT2D eigenvalue weighted by Crippen LogP contribution is 2.36. The summed E-state index contributed by atoms with van der Waals surface area (Å²) < 4.78 is 0. The second-order valence-electron chi connectivity index (χ2n) is 8.76. The monoisotopic (exact) mass is 397 g/mol. The lowest BCUT2D eigenvalue weighted by Gasteiger charge is -2.29. The molecule has 2 atom stereocenters. The number of likely N-dealkylation sites (tertiary alicyclic amines) is 2. The summed E-state index contributed by atoms with van der Waals surface area (Å²) in [4.78, 5) is 52.1. The maximum Gasteiger partial charge on any atom is 0.228 e. The molecule has 0 aromatic carbocycles. The van der Waals surface area contributed by atoms with Gasteiger partial charge in [0, 0.05) is 63.7 Å². The van der Waals surface area contributed by atoms with Crippen LogP contribution in [0.5, 0.6) is 0 Å². The number of rotatable bonds is 3. The Bertz CT molecular complexity index is 868. The van der Waals surface area contributed by atoms with E-state index in [1.54, 1.807) is 11.8 Å². The molecule has 1 saturated carbocycles. The molecule has 1 aromatic heterocycles. The van der Waals surface area contributed by atoms with Crippen LogP contribution in [0.4, 0.5) is 0 Å². The van der Waals surface area contributed by atoms with Gasteiger partial charge in [-0.15, -0.1) is 0 Å². The summed E-state index contributed by atoms with van der Waals surface area (Å²) in [5.74, 6) is 0.744. The van der Waals surface area contributed by atoms with Crippen LogP contribution < -0.4 is 0 Å². The van der Waals surface area contributed by atoms with Crippen molar-refractivity contribution in [1.82, 2.24) is 24.7 Å². The zero-order chi connectivity index (χ0) is 20.1. The van der Waals surface area contributed by atoms with Gasteiger partial charge in [0.25, 0.3) is 0 Å². The van der Waals surface area contributed by atoms with Crippen LogP contribution in [-0.4, -0.2) is 68.1 Å². The molecule has 8 heteroatoms. The van der Waals surface area contributed by atoms with Crippen molar-refractivity contribution in [2.45, 2.75) is 64.1 Å². The minimum absolute atomic E-state index is 0.0682. The molecule has 4 heterocycles. The van der Waals surface area contributed by atoms with Crippen molar-refractivity contribution in [3.05, 3.63) is 23.3 Å². The van der Waals surface area contributed by atoms with Gasteiger partial charge < -0.3 is 14.7 Å². The van der Waals surface area contributed by atoms with Crippen LogP contribution in [0.2, 0.25) is 0 Å². The third-order valence-corrected chi connectivity index (χ3v) is 6.73. The van der Waals surface area contributed by atoms with Gasteiger partial charge in [0.05, 0.1) is 17.7 Å². The summed E-state index contributed by atoms with van der Waals surface area (Å²) in [6.07, 6.45) is 6.82. The summed E-state index contributed by atoms with van der Waals surface area (Å²) >= 11 is 0. The predicted octanol–water partition coefficient (Wildman–Crippen LogP) is 1.06. The quantitative estimate of drug-likeness (QED) is 0.761. The number of carbonyl (C=O) groups is 3. The van der Waals surface area contributed by atoms with Crippen LogP contribution in [0.25, 0.3) is 0 Å². The van der Waals surface area contributed by atoms with Gasteiger partial charge in [-0.25, -0.2) is 9.97 Å². The number of hydrogen-bond donors (Lipinski definition) is 0. The lowest BCUT2D eigenvalue weighted by molar-refractivity contribution is -0.137. The zero-order valence-corrected chi connectivity index (χ0v) is 16.8. The molecule has 5 rings (SSSR count). The van der Waals surface area contributed by atoms with Crippen LogP contribution in [0.3, 0.4) is 0 Å². The maximum atomic E-state index is 13.2. The Morgan fingerprint density at radius 3 is 2.76 bits per heavy atom. The van der Waals surface area contributed by atoms with E-state index in [9.17, 15) is 14.4 Å². The predicted molar refractivity (Wildman–Crippen MR) is 103 cm³/mol. The van der Waals surface area contributed by atoms with Gasteiger partial charge in [-0.05, 0) is 25.7 Å². The van der Waals surface area contributed by atoms with Gasteiger partial charge in [-0.2, -0.15) is 0 Å². The van der Waals surface area contributed by atoms with Crippen molar-refractivity contribution in [1.29, 1.82) is 0 Å². The molecule has 3 fully saturated rings. The normalized spacial score (nSPS) is 26.8. The van der Waals surface area contributed by atoms with E-state index < -0.39 is 0 Å². The minimum Gasteiger partial charge on any atom is -0.339 e. The van der Waals surface area contributed by atoms with Gasteiger partial charge in [0.15, 0.2) is 5.82 Å². The largest absolute Gasteiger partial charge is 0.339 e. The Morgan fingerprint density at radius 2 is 2.00 bits per heavy atom. The number of aromatic nitrogens is 2. The van der Waals surface area contributed by atoms with E-state index in [1.165, 1.54) is 0 Å². The fourth-order valence-electron chi connectivity index (χ4n) is 4.93. The molecule has 1 aromatic rings. The number of carbonyl (C=O) groups excluding carboxylic acids is 3. The first kappa shape index (κ1) is 18.5. The van der Waals surface area contributed by atoms with Gasteiger partial charge >= 0.3 is 0 Å². The highest BCUT2D eigenvalue weighted by Gasteiger charge is 2.45. The van der Waals surface area contributed by atoms with E-state index in [0.29, 0.717) is 44.5 Å². The smallest absolute Gasteiger partial charge is 0.228 e. The molecule has 29 heavy (non-hydrogen) atoms. The molecule has 0 spiro atoms. The standard InChI is InChI=1S/C21H27N5O3/c1-13(27)24-8-6-17-15(11-24)10-22-20(23-17)18-3-2-7-25(18)21(29)14-9-19(28)26(12-14)16-4-5-16/h10,14,16,18H,2-9,11-12H2,1H3/t14-,18+/m0/s1. The number of nitrogens with zero attached hydrogens (tertiary/aromatic N) is 5. The average Bonchev–Trinajstić information content (AvgIpc) is 3.30. The third kappa shape index (κ3) is 3.38. The first-order valence-electron chi connectivity index (χ1n) is 10.7. The molecule has 0 unspecified atom stereocenters. The Hall–Kier alpha value is -2.51. The number of hydrogen-bond acceptors (Lipinski definition) is 5. The highest BCUT2D eigenvalue weighted by atomic mass is 16.2. The molecule has 3 aliphatic heterocycles. The average molecular weight is 397 g/mol. The Balaban J connectivity index is 1.31. The third-order valence-electron chi connectivity index (χ3n) is 6.73. The van der Waals surface area contributed by atoms with Crippen LogP contribution >= 0.6 is 0 Å². The van der Waals surface area contributed by atoms with Gasteiger partial charge in [-0.1, -0.05) is 0 Å². The molecule has 154 valence electrons. The Kier molecular flexibility index (Phi) is 4.52. The fourth-order valence-corrected chi connectivity index (χ4v) is 4.93. The van der Waals surface area contributed by atoms with Crippen LogP contribution in [0.1, 0.15) is 62.2 Å². The molecule has 3 amide bonds. The highest BCUT2D eigenvalue weighted by molar-refractivity contribution is 5.90. The van der Waals surface area contributed by atoms with Crippen molar-refractivity contribution < 1.29 is 14.4 Å². The van der Waals surface area contributed by atoms with Gasteiger partial charge in [0.1, 0.15) is 0 Å². The van der Waals surface area contributed by atoms with E-state index in [2.05, 4.69) is 4.98 Å². The molecule has 0 bridgehead atoms. The van der Waals surface area contributed by atoms with E-state index in [1.807, 2.05) is 16.0 Å². The van der Waals surface area contributed by atoms with Crippen molar-refractivity contribution in [3.63, 3.8) is 0 Å². The van der Waals surface area contributed by atoms with E-state index >= 15 is 0 Å². The van der Waals surface area contributed by atoms with Crippen LogP contribution in [-0.2, 0) is 27.3 Å². The topological polar surface area (TPSA) is 86.7 Å². The zero-order valence-electron chi connectivity index (χ0n) is 16.8. The first-order valence-corrected chi connectivity index (χ1v) is 10.7. The SMILES string of the molecule is CC(=O)N1CCc2nc([C@H]3CCCN3C(=O)[C@H]3CC(=O)N(C4CC4)C3)ncc2C1. The number of fused-ring (bicyclic) bond motifs is 1. The van der Waals surface area contributed by atoms with Crippen molar-refractivity contribution in [3.8, 4) is 0 Å². The molecule has 0 radical (unpaired) electrons.